The van der Waals surface area contributed by atoms with Crippen LogP contribution in [0.3, 0.4) is 0 Å². The van der Waals surface area contributed by atoms with Gasteiger partial charge >= 0.3 is 0 Å². The van der Waals surface area contributed by atoms with Gasteiger partial charge in [-0.2, -0.15) is 4.98 Å². The van der Waals surface area contributed by atoms with Crippen LogP contribution in [0.4, 0.5) is 11.8 Å². The number of hydrogen-bond donors (Lipinski definition) is 2. The van der Waals surface area contributed by atoms with Crippen molar-refractivity contribution in [1.82, 2.24) is 9.97 Å². The Balaban J connectivity index is 2.67. The molecule has 0 unspecified atom stereocenters. The van der Waals surface area contributed by atoms with Crippen molar-refractivity contribution in [2.75, 3.05) is 11.5 Å². The highest BCUT2D eigenvalue weighted by Crippen LogP contribution is 2.28. The first-order valence-electron chi connectivity index (χ1n) is 5.22. The quantitative estimate of drug-likeness (QED) is 0.867. The Morgan fingerprint density at radius 2 is 1.68 bits per heavy atom. The minimum absolute atomic E-state index is 0.0648. The van der Waals surface area contributed by atoms with E-state index in [1.165, 1.54) is 31.2 Å². The van der Waals surface area contributed by atoms with Crippen LogP contribution in [0.25, 0.3) is 0 Å². The van der Waals surface area contributed by atoms with Crippen molar-refractivity contribution in [3.8, 4) is 0 Å². The maximum absolute atomic E-state index is 12.5. The third kappa shape index (κ3) is 2.47. The largest absolute Gasteiger partial charge is 0.382 e. The lowest BCUT2D eigenvalue weighted by Gasteiger charge is -2.10. The van der Waals surface area contributed by atoms with Gasteiger partial charge in [-0.3, -0.25) is 0 Å². The number of aryl methyl sites for hydroxylation is 1. The smallest absolute Gasteiger partial charge is 0.222 e. The molecule has 8 heteroatoms. The second kappa shape index (κ2) is 4.67. The van der Waals surface area contributed by atoms with Crippen molar-refractivity contribution < 1.29 is 8.42 Å². The van der Waals surface area contributed by atoms with Crippen molar-refractivity contribution in [1.29, 1.82) is 0 Å². The van der Waals surface area contributed by atoms with Crippen molar-refractivity contribution in [2.24, 2.45) is 0 Å². The Kier molecular flexibility index (Phi) is 3.34. The molecule has 0 spiro atoms. The summed E-state index contributed by atoms with van der Waals surface area (Å²) in [7, 11) is -3.80. The topological polar surface area (TPSA) is 112 Å². The molecule has 0 atom stereocenters. The molecule has 2 rings (SSSR count). The number of halogens is 1. The fraction of sp³-hybridized carbons (Fsp3) is 0.0909. The van der Waals surface area contributed by atoms with Gasteiger partial charge < -0.3 is 11.5 Å². The monoisotopic (exact) mass is 298 g/mol. The van der Waals surface area contributed by atoms with Gasteiger partial charge in [0.15, 0.2) is 0 Å². The Bertz CT molecular complexity index is 706. The van der Waals surface area contributed by atoms with Crippen LogP contribution in [0.15, 0.2) is 34.1 Å². The summed E-state index contributed by atoms with van der Waals surface area (Å²) in [6.45, 7) is 1.51. The van der Waals surface area contributed by atoms with Crippen molar-refractivity contribution in [2.45, 2.75) is 16.7 Å². The van der Waals surface area contributed by atoms with Gasteiger partial charge in [0.05, 0.1) is 10.6 Å². The fourth-order valence-corrected chi connectivity index (χ4v) is 3.28. The number of hydrogen-bond acceptors (Lipinski definition) is 6. The van der Waals surface area contributed by atoms with E-state index in [0.29, 0.717) is 5.02 Å². The van der Waals surface area contributed by atoms with E-state index in [9.17, 15) is 8.42 Å². The molecule has 0 aliphatic carbocycles. The van der Waals surface area contributed by atoms with E-state index in [0.717, 1.165) is 0 Å². The number of nitrogen functional groups attached to an aromatic ring is 2. The predicted molar refractivity (Wildman–Crippen MR) is 72.5 cm³/mol. The molecule has 1 aromatic heterocycles. The molecule has 0 saturated heterocycles. The van der Waals surface area contributed by atoms with Crippen molar-refractivity contribution in [3.05, 3.63) is 35.0 Å². The van der Waals surface area contributed by atoms with Gasteiger partial charge in [0.25, 0.3) is 0 Å². The maximum Gasteiger partial charge on any atom is 0.222 e. The molecule has 19 heavy (non-hydrogen) atoms. The number of nitrogens with two attached hydrogens (primary N) is 2. The zero-order valence-corrected chi connectivity index (χ0v) is 11.5. The zero-order chi connectivity index (χ0) is 14.2. The van der Waals surface area contributed by atoms with Gasteiger partial charge in [-0.05, 0) is 31.2 Å². The minimum atomic E-state index is -3.80. The number of sulfone groups is 1. The van der Waals surface area contributed by atoms with Gasteiger partial charge in [0.2, 0.25) is 15.8 Å². The zero-order valence-electron chi connectivity index (χ0n) is 9.96. The first-order chi connectivity index (χ1) is 8.82. The third-order valence-electron chi connectivity index (χ3n) is 2.47. The van der Waals surface area contributed by atoms with Crippen molar-refractivity contribution >= 4 is 33.2 Å². The molecular weight excluding hydrogens is 288 g/mol. The summed E-state index contributed by atoms with van der Waals surface area (Å²) in [5.41, 5.74) is 11.3. The number of aromatic nitrogens is 2. The molecule has 6 nitrogen and oxygen atoms in total. The second-order valence-electron chi connectivity index (χ2n) is 3.84. The lowest BCUT2D eigenvalue weighted by molar-refractivity contribution is 0.595. The highest BCUT2D eigenvalue weighted by Gasteiger charge is 2.25. The van der Waals surface area contributed by atoms with E-state index in [1.807, 2.05) is 0 Å². The number of anilines is 2. The number of benzene rings is 1. The minimum Gasteiger partial charge on any atom is -0.382 e. The lowest BCUT2D eigenvalue weighted by Crippen LogP contribution is -2.12. The van der Waals surface area contributed by atoms with Gasteiger partial charge in [-0.1, -0.05) is 11.6 Å². The van der Waals surface area contributed by atoms with Gasteiger partial charge in [-0.25, -0.2) is 13.4 Å². The molecule has 0 fully saturated rings. The summed E-state index contributed by atoms with van der Waals surface area (Å²) in [5, 5.41) is 0.442. The summed E-state index contributed by atoms with van der Waals surface area (Å²) in [4.78, 5) is 7.44. The Hall–Kier alpha value is -1.86. The van der Waals surface area contributed by atoms with Crippen LogP contribution in [-0.4, -0.2) is 18.4 Å². The second-order valence-corrected chi connectivity index (χ2v) is 6.16. The van der Waals surface area contributed by atoms with Crippen LogP contribution < -0.4 is 11.5 Å². The Morgan fingerprint density at radius 3 is 2.21 bits per heavy atom. The molecular formula is C11H11ClN4O2S. The van der Waals surface area contributed by atoms with Crippen LogP contribution in [0.1, 0.15) is 5.69 Å². The average Bonchev–Trinajstić information content (AvgIpc) is 2.27. The number of nitrogens with zero attached hydrogens (tertiary/aromatic N) is 2. The molecule has 0 aliphatic rings. The highest BCUT2D eigenvalue weighted by atomic mass is 35.5. The number of rotatable bonds is 2. The molecule has 100 valence electrons. The molecule has 0 radical (unpaired) electrons. The summed E-state index contributed by atoms with van der Waals surface area (Å²) in [6.07, 6.45) is 0. The highest BCUT2D eigenvalue weighted by molar-refractivity contribution is 7.91. The Labute approximate surface area is 115 Å². The van der Waals surface area contributed by atoms with Crippen LogP contribution in [-0.2, 0) is 9.84 Å². The third-order valence-corrected chi connectivity index (χ3v) is 4.66. The average molecular weight is 299 g/mol. The first-order valence-corrected chi connectivity index (χ1v) is 7.08. The van der Waals surface area contributed by atoms with Gasteiger partial charge in [-0.15, -0.1) is 0 Å². The van der Waals surface area contributed by atoms with Gasteiger partial charge in [0, 0.05) is 5.02 Å². The normalized spacial score (nSPS) is 11.5. The molecule has 1 aromatic carbocycles. The first kappa shape index (κ1) is 13.6. The van der Waals surface area contributed by atoms with Gasteiger partial charge in [0.1, 0.15) is 10.7 Å². The van der Waals surface area contributed by atoms with Crippen LogP contribution in [0.2, 0.25) is 5.02 Å². The maximum atomic E-state index is 12.5. The standard InChI is InChI=1S/C11H11ClN4O2S/c1-6-9(10(13)16-11(14)15-6)19(17,18)8-4-2-7(12)3-5-8/h2-5H,1H3,(H4,13,14,15,16). The lowest BCUT2D eigenvalue weighted by atomic mass is 10.4. The molecule has 1 heterocycles. The van der Waals surface area contributed by atoms with Crippen LogP contribution in [0, 0.1) is 6.92 Å². The van der Waals surface area contributed by atoms with E-state index >= 15 is 0 Å². The van der Waals surface area contributed by atoms with E-state index in [1.54, 1.807) is 0 Å². The van der Waals surface area contributed by atoms with E-state index < -0.39 is 9.84 Å². The molecule has 0 aliphatic heterocycles. The molecule has 4 N–H and O–H groups in total. The van der Waals surface area contributed by atoms with Crippen LogP contribution >= 0.6 is 11.6 Å². The summed E-state index contributed by atoms with van der Waals surface area (Å²) in [6, 6.07) is 5.76. The predicted octanol–water partition coefficient (Wildman–Crippen LogP) is 1.44. The molecule has 2 aromatic rings. The van der Waals surface area contributed by atoms with E-state index in [-0.39, 0.29) is 27.3 Å². The SMILES string of the molecule is Cc1nc(N)nc(N)c1S(=O)(=O)c1ccc(Cl)cc1. The van der Waals surface area contributed by atoms with E-state index in [2.05, 4.69) is 9.97 Å². The van der Waals surface area contributed by atoms with Crippen molar-refractivity contribution in [3.63, 3.8) is 0 Å². The Morgan fingerprint density at radius 1 is 1.11 bits per heavy atom. The molecule has 0 saturated carbocycles. The molecule has 0 amide bonds. The van der Waals surface area contributed by atoms with E-state index in [4.69, 9.17) is 23.1 Å². The summed E-state index contributed by atoms with van der Waals surface area (Å²) in [5.74, 6) is -0.231. The summed E-state index contributed by atoms with van der Waals surface area (Å²) >= 11 is 5.73. The summed E-state index contributed by atoms with van der Waals surface area (Å²) < 4.78 is 24.9. The molecule has 0 bridgehead atoms. The fourth-order valence-electron chi connectivity index (χ4n) is 1.67. The van der Waals surface area contributed by atoms with Crippen LogP contribution in [0.5, 0.6) is 0 Å².